The van der Waals surface area contributed by atoms with Crippen molar-refractivity contribution in [1.29, 1.82) is 0 Å². The van der Waals surface area contributed by atoms with E-state index in [1.165, 1.54) is 0 Å². The first-order chi connectivity index (χ1) is 3.71. The Bertz CT molecular complexity index is 116. The monoisotopic (exact) mass is 261 g/mol. The fourth-order valence-electron chi connectivity index (χ4n) is 0.466. The first kappa shape index (κ1) is 7.63. The Morgan fingerprint density at radius 2 is 1.88 bits per heavy atom. The van der Waals surface area contributed by atoms with Gasteiger partial charge < -0.3 is 0 Å². The Kier molecular flexibility index (Phi) is 2.94. The van der Waals surface area contributed by atoms with Crippen LogP contribution in [-0.2, 0) is 13.6 Å². The predicted octanol–water partition coefficient (Wildman–Crippen LogP) is 1.08. The van der Waals surface area contributed by atoms with Crippen LogP contribution in [0.15, 0.2) is 0 Å². The summed E-state index contributed by atoms with van der Waals surface area (Å²) in [4.78, 5) is 0. The van der Waals surface area contributed by atoms with Gasteiger partial charge in [0.25, 0.3) is 0 Å². The Morgan fingerprint density at radius 3 is 2.12 bits per heavy atom. The van der Waals surface area contributed by atoms with Gasteiger partial charge in [-0.1, -0.05) is 0 Å². The van der Waals surface area contributed by atoms with Crippen molar-refractivity contribution in [1.82, 2.24) is 0 Å². The first-order valence-electron chi connectivity index (χ1n) is 2.35. The minimum absolute atomic E-state index is 0.521. The van der Waals surface area contributed by atoms with Gasteiger partial charge in [-0.15, -0.1) is 0 Å². The zero-order valence-electron chi connectivity index (χ0n) is 4.29. The average Bonchev–Trinajstić information content (AvgIpc) is 1.65. The molecule has 45 valence electrons. The molecule has 0 amide bonds. The molecule has 0 atom stereocenters. The number of hydrogen-bond donors (Lipinski definition) is 0. The Balaban J connectivity index is 2.45. The molecule has 0 bridgehead atoms. The van der Waals surface area contributed by atoms with Gasteiger partial charge in [0.2, 0.25) is 0 Å². The molecule has 1 aliphatic heterocycles. The van der Waals surface area contributed by atoms with Crippen molar-refractivity contribution in [3.05, 3.63) is 0 Å². The van der Waals surface area contributed by atoms with Crippen LogP contribution < -0.4 is 0 Å². The molecule has 1 aliphatic rings. The third-order valence-corrected chi connectivity index (χ3v) is 4.29. The normalized spacial score (nSPS) is 27.4. The summed E-state index contributed by atoms with van der Waals surface area (Å²) in [5.41, 5.74) is 0. The summed E-state index contributed by atoms with van der Waals surface area (Å²) in [6.45, 7) is 1.22. The summed E-state index contributed by atoms with van der Waals surface area (Å²) in [7, 11) is 0. The second-order valence-electron chi connectivity index (χ2n) is 1.52. The van der Waals surface area contributed by atoms with E-state index < -0.39 is 2.33 Å². The van der Waals surface area contributed by atoms with Crippen molar-refractivity contribution in [2.45, 2.75) is 6.42 Å². The van der Waals surface area contributed by atoms with Crippen LogP contribution in [0.4, 0.5) is 0 Å². The average molecular weight is 261 g/mol. The second kappa shape index (κ2) is 3.08. The predicted molar refractivity (Wildman–Crippen MR) is 24.1 cm³/mol. The maximum atomic E-state index is 10.9. The van der Waals surface area contributed by atoms with Gasteiger partial charge in [-0.2, -0.15) is 0 Å². The second-order valence-corrected chi connectivity index (χ2v) is 8.19. The molecule has 5 heteroatoms. The molecule has 0 radical (unpaired) electrons. The third kappa shape index (κ3) is 2.41. The van der Waals surface area contributed by atoms with Crippen molar-refractivity contribution < 1.29 is 52.5 Å². The molecule has 0 saturated carbocycles. The van der Waals surface area contributed by atoms with E-state index in [0.717, 1.165) is 6.42 Å². The van der Waals surface area contributed by atoms with E-state index in [0.29, 0.717) is 52.1 Å². The van der Waals surface area contributed by atoms with Crippen LogP contribution in [-0.4, -0.2) is 13.2 Å². The molecule has 8 heavy (non-hydrogen) atoms. The van der Waals surface area contributed by atoms with Gasteiger partial charge in [0.05, 0.1) is 0 Å². The fourth-order valence-corrected chi connectivity index (χ4v) is 3.00. The molecular weight excluding hydrogens is 255 g/mol. The molecule has 0 spiro atoms. The minimum atomic E-state index is -2.45. The molecular formula is C3H6CeO3P. The van der Waals surface area contributed by atoms with Gasteiger partial charge in [-0.05, 0) is 0 Å². The van der Waals surface area contributed by atoms with Gasteiger partial charge in [0.1, 0.15) is 0 Å². The van der Waals surface area contributed by atoms with Crippen LogP contribution >= 0.6 is 2.33 Å². The van der Waals surface area contributed by atoms with Gasteiger partial charge in [-0.3, -0.25) is 0 Å². The molecule has 1 fully saturated rings. The van der Waals surface area contributed by atoms with Crippen molar-refractivity contribution in [3.63, 3.8) is 0 Å². The standard InChI is InChI=1S/C3H6O3P.Ce/c4-7-5-2-1-3-6-7;/h1-3H2;/q+1;-1. The van der Waals surface area contributed by atoms with Crippen LogP contribution in [0.3, 0.4) is 0 Å². The topological polar surface area (TPSA) is 35.5 Å². The zero-order chi connectivity index (χ0) is 6.04. The van der Waals surface area contributed by atoms with Gasteiger partial charge in [-0.25, -0.2) is 0 Å². The molecule has 0 unspecified atom stereocenters. The Labute approximate surface area is 73.7 Å². The summed E-state index contributed by atoms with van der Waals surface area (Å²) < 4.78 is 18.1. The van der Waals surface area contributed by atoms with E-state index in [1.54, 1.807) is 0 Å². The van der Waals surface area contributed by atoms with E-state index in [9.17, 15) is 4.57 Å². The van der Waals surface area contributed by atoms with E-state index in [1.807, 2.05) is 0 Å². The summed E-state index contributed by atoms with van der Waals surface area (Å²) >= 11 is 0.521. The SMILES string of the molecule is O=[P]1([Ce])OCCCO1. The third-order valence-electron chi connectivity index (χ3n) is 0.811. The summed E-state index contributed by atoms with van der Waals surface area (Å²) in [6.07, 6.45) is 0.881. The number of hydrogen-bond acceptors (Lipinski definition) is 3. The van der Waals surface area contributed by atoms with Crippen LogP contribution in [0.2, 0.25) is 0 Å². The van der Waals surface area contributed by atoms with Crippen LogP contribution in [0.1, 0.15) is 6.42 Å². The van der Waals surface area contributed by atoms with Crippen LogP contribution in [0.5, 0.6) is 0 Å². The summed E-state index contributed by atoms with van der Waals surface area (Å²) in [6, 6.07) is 0. The van der Waals surface area contributed by atoms with E-state index in [-0.39, 0.29) is 0 Å². The maximum absolute atomic E-state index is 10.9. The first-order valence-corrected chi connectivity index (χ1v) is 8.10. The molecule has 0 N–H and O–H groups in total. The fraction of sp³-hybridized carbons (Fsp3) is 1.00. The Morgan fingerprint density at radius 1 is 1.38 bits per heavy atom. The molecule has 1 heterocycles. The van der Waals surface area contributed by atoms with Crippen LogP contribution in [0.25, 0.3) is 0 Å². The van der Waals surface area contributed by atoms with Crippen molar-refractivity contribution in [2.24, 2.45) is 0 Å². The van der Waals surface area contributed by atoms with E-state index in [2.05, 4.69) is 0 Å². The molecule has 1 saturated heterocycles. The van der Waals surface area contributed by atoms with E-state index in [4.69, 9.17) is 9.05 Å². The van der Waals surface area contributed by atoms with E-state index >= 15 is 0 Å². The van der Waals surface area contributed by atoms with Gasteiger partial charge in [0.15, 0.2) is 0 Å². The molecule has 0 aromatic carbocycles. The molecule has 0 aliphatic carbocycles. The Hall–Kier alpha value is 1.53. The molecule has 1 rings (SSSR count). The molecule has 0 aromatic heterocycles. The molecule has 3 nitrogen and oxygen atoms in total. The van der Waals surface area contributed by atoms with Gasteiger partial charge in [0, 0.05) is 0 Å². The van der Waals surface area contributed by atoms with Crippen molar-refractivity contribution in [2.75, 3.05) is 13.2 Å². The number of rotatable bonds is 0. The van der Waals surface area contributed by atoms with Crippen molar-refractivity contribution >= 4 is 2.33 Å². The van der Waals surface area contributed by atoms with Crippen molar-refractivity contribution in [3.8, 4) is 0 Å². The molecule has 0 aromatic rings. The quantitative estimate of drug-likeness (QED) is 0.612. The van der Waals surface area contributed by atoms with Gasteiger partial charge >= 0.3 is 74.4 Å². The summed E-state index contributed by atoms with van der Waals surface area (Å²) in [5, 5.41) is 0. The zero-order valence-corrected chi connectivity index (χ0v) is 8.33. The summed E-state index contributed by atoms with van der Waals surface area (Å²) in [5.74, 6) is 0. The van der Waals surface area contributed by atoms with Crippen LogP contribution in [0, 0.1) is 38.9 Å².